The molecule has 0 radical (unpaired) electrons. The molecule has 1 atom stereocenters. The Morgan fingerprint density at radius 3 is 2.48 bits per heavy atom. The molecule has 2 aromatic rings. The first kappa shape index (κ1) is 19.2. The van der Waals surface area contributed by atoms with E-state index in [1.54, 1.807) is 7.11 Å². The van der Waals surface area contributed by atoms with Crippen LogP contribution in [0.25, 0.3) is 0 Å². The molecular weight excluding hydrogens is 338 g/mol. The van der Waals surface area contributed by atoms with E-state index in [9.17, 15) is 4.79 Å². The fourth-order valence-corrected chi connectivity index (χ4v) is 3.49. The molecule has 5 heteroatoms. The van der Waals surface area contributed by atoms with E-state index in [-0.39, 0.29) is 12.1 Å². The zero-order valence-corrected chi connectivity index (χ0v) is 16.0. The minimum atomic E-state index is -0.113. The minimum absolute atomic E-state index is 0.0149. The van der Waals surface area contributed by atoms with Crippen LogP contribution in [0.5, 0.6) is 5.75 Å². The highest BCUT2D eigenvalue weighted by molar-refractivity contribution is 5.75. The molecule has 3 rings (SSSR count). The van der Waals surface area contributed by atoms with Gasteiger partial charge in [-0.05, 0) is 54.5 Å². The normalized spacial score (nSPS) is 15.3. The summed E-state index contributed by atoms with van der Waals surface area (Å²) in [6.07, 6.45) is 4.09. The Bertz CT molecular complexity index is 739. The molecule has 144 valence electrons. The minimum Gasteiger partial charge on any atom is -0.497 e. The Hall–Kier alpha value is -2.53. The number of amides is 2. The number of hydrogen-bond acceptors (Lipinski definition) is 3. The van der Waals surface area contributed by atoms with Gasteiger partial charge in [0, 0.05) is 19.6 Å². The molecule has 27 heavy (non-hydrogen) atoms. The number of nitrogens with zero attached hydrogens (tertiary/aromatic N) is 1. The van der Waals surface area contributed by atoms with Crippen molar-refractivity contribution in [3.63, 3.8) is 0 Å². The maximum atomic E-state index is 12.8. The maximum absolute atomic E-state index is 12.8. The fraction of sp³-hybridized carbons (Fsp3) is 0.409. The Labute approximate surface area is 161 Å². The van der Waals surface area contributed by atoms with Crippen molar-refractivity contribution < 1.29 is 9.53 Å². The van der Waals surface area contributed by atoms with E-state index >= 15 is 0 Å². The molecule has 1 heterocycles. The number of likely N-dealkylation sites (tertiary alicyclic amines) is 1. The zero-order chi connectivity index (χ0) is 19.1. The number of piperidine rings is 1. The van der Waals surface area contributed by atoms with Gasteiger partial charge in [-0.2, -0.15) is 0 Å². The lowest BCUT2D eigenvalue weighted by Gasteiger charge is -2.29. The molecular formula is C22H29N3O2. The molecule has 1 unspecified atom stereocenters. The molecule has 0 bridgehead atoms. The molecule has 2 amide bonds. The number of ether oxygens (including phenoxy) is 1. The summed E-state index contributed by atoms with van der Waals surface area (Å²) in [6, 6.07) is 16.1. The number of carbonyl (C=O) groups is 1. The summed E-state index contributed by atoms with van der Waals surface area (Å²) in [4.78, 5) is 14.7. The zero-order valence-electron chi connectivity index (χ0n) is 16.0. The molecule has 1 aliphatic rings. The van der Waals surface area contributed by atoms with Crippen LogP contribution < -0.4 is 15.8 Å². The number of methoxy groups -OCH3 is 1. The van der Waals surface area contributed by atoms with Crippen molar-refractivity contribution in [3.8, 4) is 5.75 Å². The Balaban J connectivity index is 1.79. The molecule has 1 saturated heterocycles. The summed E-state index contributed by atoms with van der Waals surface area (Å²) in [5, 5.41) is 3.24. The van der Waals surface area contributed by atoms with Gasteiger partial charge in [-0.1, -0.05) is 36.4 Å². The number of urea groups is 1. The average molecular weight is 367 g/mol. The number of hydrogen-bond donors (Lipinski definition) is 2. The number of benzene rings is 2. The molecule has 2 aromatic carbocycles. The molecule has 0 aliphatic carbocycles. The van der Waals surface area contributed by atoms with Crippen LogP contribution in [0.15, 0.2) is 48.5 Å². The molecule has 3 N–H and O–H groups in total. The van der Waals surface area contributed by atoms with Gasteiger partial charge in [0.25, 0.3) is 0 Å². The first-order valence-corrected chi connectivity index (χ1v) is 9.67. The van der Waals surface area contributed by atoms with E-state index in [1.165, 1.54) is 12.0 Å². The predicted octanol–water partition coefficient (Wildman–Crippen LogP) is 3.63. The van der Waals surface area contributed by atoms with E-state index in [1.807, 2.05) is 41.3 Å². The highest BCUT2D eigenvalue weighted by Gasteiger charge is 2.21. The Morgan fingerprint density at radius 1 is 1.11 bits per heavy atom. The van der Waals surface area contributed by atoms with Gasteiger partial charge in [-0.15, -0.1) is 0 Å². The second-order valence-electron chi connectivity index (χ2n) is 7.05. The number of nitrogens with two attached hydrogens (primary N) is 1. The van der Waals surface area contributed by atoms with Crippen LogP contribution in [-0.4, -0.2) is 31.1 Å². The van der Waals surface area contributed by atoms with Crippen molar-refractivity contribution in [1.82, 2.24) is 10.2 Å². The average Bonchev–Trinajstić information content (AvgIpc) is 2.74. The van der Waals surface area contributed by atoms with Crippen LogP contribution >= 0.6 is 0 Å². The van der Waals surface area contributed by atoms with Crippen LogP contribution in [0.2, 0.25) is 0 Å². The third-order valence-corrected chi connectivity index (χ3v) is 5.14. The number of carbonyl (C=O) groups excluding carboxylic acids is 1. The van der Waals surface area contributed by atoms with E-state index in [0.29, 0.717) is 6.54 Å². The summed E-state index contributed by atoms with van der Waals surface area (Å²) in [5.74, 6) is 0.795. The topological polar surface area (TPSA) is 67.6 Å². The van der Waals surface area contributed by atoms with Crippen molar-refractivity contribution in [2.45, 2.75) is 38.3 Å². The second kappa shape index (κ2) is 9.42. The van der Waals surface area contributed by atoms with E-state index < -0.39 is 0 Å². The van der Waals surface area contributed by atoms with Gasteiger partial charge < -0.3 is 20.7 Å². The standard InChI is InChI=1S/C22H29N3O2/c1-27-20-7-5-6-19(15-20)21(14-17-8-10-18(16-23)11-9-17)24-22(26)25-12-3-2-4-13-25/h5-11,15,21H,2-4,12-14,16,23H2,1H3,(H,24,26). The first-order valence-electron chi connectivity index (χ1n) is 9.67. The molecule has 5 nitrogen and oxygen atoms in total. The van der Waals surface area contributed by atoms with E-state index in [4.69, 9.17) is 10.5 Å². The van der Waals surface area contributed by atoms with Crippen molar-refractivity contribution in [2.75, 3.05) is 20.2 Å². The van der Waals surface area contributed by atoms with Crippen LogP contribution in [0.4, 0.5) is 4.79 Å². The van der Waals surface area contributed by atoms with Crippen molar-refractivity contribution >= 4 is 6.03 Å². The number of rotatable bonds is 6. The van der Waals surface area contributed by atoms with E-state index in [2.05, 4.69) is 17.4 Å². The van der Waals surface area contributed by atoms with Crippen molar-refractivity contribution in [1.29, 1.82) is 0 Å². The summed E-state index contributed by atoms with van der Waals surface area (Å²) in [6.45, 7) is 2.20. The SMILES string of the molecule is COc1cccc(C(Cc2ccc(CN)cc2)NC(=O)N2CCCCC2)c1. The number of nitrogens with one attached hydrogen (secondary N) is 1. The van der Waals surface area contributed by atoms with Gasteiger partial charge in [0.1, 0.15) is 5.75 Å². The lowest BCUT2D eigenvalue weighted by molar-refractivity contribution is 0.182. The summed E-state index contributed by atoms with van der Waals surface area (Å²) in [5.41, 5.74) is 9.01. The second-order valence-corrected chi connectivity index (χ2v) is 7.05. The third kappa shape index (κ3) is 5.23. The Morgan fingerprint density at radius 2 is 1.81 bits per heavy atom. The molecule has 1 aliphatic heterocycles. The maximum Gasteiger partial charge on any atom is 0.317 e. The lowest BCUT2D eigenvalue weighted by atomic mass is 9.98. The summed E-state index contributed by atoms with van der Waals surface area (Å²) >= 11 is 0. The van der Waals surface area contributed by atoms with Crippen LogP contribution in [0.1, 0.15) is 42.0 Å². The first-order chi connectivity index (χ1) is 13.2. The summed E-state index contributed by atoms with van der Waals surface area (Å²) in [7, 11) is 1.66. The van der Waals surface area contributed by atoms with Gasteiger partial charge in [0.15, 0.2) is 0 Å². The van der Waals surface area contributed by atoms with Gasteiger partial charge in [-0.3, -0.25) is 0 Å². The molecule has 0 saturated carbocycles. The van der Waals surface area contributed by atoms with Gasteiger partial charge in [0.05, 0.1) is 13.2 Å². The molecule has 1 fully saturated rings. The third-order valence-electron chi connectivity index (χ3n) is 5.14. The van der Waals surface area contributed by atoms with Gasteiger partial charge >= 0.3 is 6.03 Å². The van der Waals surface area contributed by atoms with Crippen molar-refractivity contribution in [3.05, 3.63) is 65.2 Å². The quantitative estimate of drug-likeness (QED) is 0.819. The Kier molecular flexibility index (Phi) is 6.71. The highest BCUT2D eigenvalue weighted by atomic mass is 16.5. The predicted molar refractivity (Wildman–Crippen MR) is 108 cm³/mol. The lowest BCUT2D eigenvalue weighted by Crippen LogP contribution is -2.44. The van der Waals surface area contributed by atoms with Crippen LogP contribution in [-0.2, 0) is 13.0 Å². The van der Waals surface area contributed by atoms with E-state index in [0.717, 1.165) is 49.2 Å². The monoisotopic (exact) mass is 367 g/mol. The molecule has 0 spiro atoms. The largest absolute Gasteiger partial charge is 0.497 e. The van der Waals surface area contributed by atoms with Crippen LogP contribution in [0.3, 0.4) is 0 Å². The van der Waals surface area contributed by atoms with Crippen LogP contribution in [0, 0.1) is 0 Å². The summed E-state index contributed by atoms with van der Waals surface area (Å²) < 4.78 is 5.37. The highest BCUT2D eigenvalue weighted by Crippen LogP contribution is 2.23. The fourth-order valence-electron chi connectivity index (χ4n) is 3.49. The van der Waals surface area contributed by atoms with Gasteiger partial charge in [0.2, 0.25) is 0 Å². The van der Waals surface area contributed by atoms with Crippen molar-refractivity contribution in [2.24, 2.45) is 5.73 Å². The van der Waals surface area contributed by atoms with Gasteiger partial charge in [-0.25, -0.2) is 4.79 Å². The molecule has 0 aromatic heterocycles. The smallest absolute Gasteiger partial charge is 0.317 e.